The Kier molecular flexibility index (Phi) is 10.4. The van der Waals surface area contributed by atoms with Crippen LogP contribution in [0.25, 0.3) is 0 Å². The molecule has 0 amide bonds. The Hall–Kier alpha value is -1.70. The van der Waals surface area contributed by atoms with Crippen molar-refractivity contribution >= 4 is 0 Å². The minimum atomic E-state index is -2.68. The molecule has 1 saturated carbocycles. The van der Waals surface area contributed by atoms with Crippen molar-refractivity contribution in [2.75, 3.05) is 0 Å². The predicted octanol–water partition coefficient (Wildman–Crippen LogP) is 9.22. The Labute approximate surface area is 195 Å². The topological polar surface area (TPSA) is 0 Å². The molecule has 0 bridgehead atoms. The zero-order chi connectivity index (χ0) is 23.7. The second-order valence-corrected chi connectivity index (χ2v) is 10.5. The quantitative estimate of drug-likeness (QED) is 0.223. The standard InChI is InChI=1S/C30H44F2/c1-7-24-13-15-25(16-14-24)19-29(23(5)12-17-28(8-2)22(3)4)20-26-10-9-11-27(18-26)21-30(6,31)32/h8-12,17-18,22,24-25,28-29H,2,5,7,13-16,19-21H2,1,3-4,6H3/b17-12+/t24?,25?,28?,29-/m1/s1. The molecule has 2 rings (SSSR count). The van der Waals surface area contributed by atoms with Crippen LogP contribution < -0.4 is 0 Å². The van der Waals surface area contributed by atoms with Crippen molar-refractivity contribution in [1.29, 1.82) is 0 Å². The minimum absolute atomic E-state index is 0.206. The van der Waals surface area contributed by atoms with E-state index >= 15 is 0 Å². The maximum atomic E-state index is 13.5. The molecule has 1 aliphatic rings. The summed E-state index contributed by atoms with van der Waals surface area (Å²) in [5, 5.41) is 0. The highest BCUT2D eigenvalue weighted by Gasteiger charge is 2.25. The van der Waals surface area contributed by atoms with Crippen LogP contribution in [0, 0.1) is 29.6 Å². The van der Waals surface area contributed by atoms with Crippen molar-refractivity contribution in [3.8, 4) is 0 Å². The summed E-state index contributed by atoms with van der Waals surface area (Å²) < 4.78 is 27.1. The molecule has 0 aliphatic heterocycles. The molecular formula is C30H44F2. The fourth-order valence-corrected chi connectivity index (χ4v) is 5.10. The molecule has 178 valence electrons. The van der Waals surface area contributed by atoms with Crippen molar-refractivity contribution in [3.05, 3.63) is 72.4 Å². The van der Waals surface area contributed by atoms with E-state index in [9.17, 15) is 8.78 Å². The molecule has 1 fully saturated rings. The summed E-state index contributed by atoms with van der Waals surface area (Å²) in [5.74, 6) is 0.119. The molecule has 0 radical (unpaired) electrons. The fourth-order valence-electron chi connectivity index (χ4n) is 5.10. The normalized spacial score (nSPS) is 21.6. The van der Waals surface area contributed by atoms with Crippen LogP contribution in [-0.2, 0) is 12.8 Å². The average Bonchev–Trinajstić information content (AvgIpc) is 2.73. The fraction of sp³-hybridized carbons (Fsp3) is 0.600. The van der Waals surface area contributed by atoms with Crippen LogP contribution in [0.1, 0.15) is 77.3 Å². The predicted molar refractivity (Wildman–Crippen MR) is 135 cm³/mol. The van der Waals surface area contributed by atoms with E-state index in [1.165, 1.54) is 32.1 Å². The van der Waals surface area contributed by atoms with Crippen LogP contribution in [0.5, 0.6) is 0 Å². The summed E-state index contributed by atoms with van der Waals surface area (Å²) in [7, 11) is 0. The highest BCUT2D eigenvalue weighted by atomic mass is 19.3. The first-order valence-corrected chi connectivity index (χ1v) is 12.6. The van der Waals surface area contributed by atoms with Gasteiger partial charge in [0, 0.05) is 6.42 Å². The van der Waals surface area contributed by atoms with Crippen molar-refractivity contribution < 1.29 is 8.78 Å². The summed E-state index contributed by atoms with van der Waals surface area (Å²) in [6.07, 6.45) is 14.8. The number of halogens is 2. The molecule has 1 aliphatic carbocycles. The number of rotatable bonds is 12. The number of hydrogen-bond acceptors (Lipinski definition) is 0. The SMILES string of the molecule is C=CC(/C=C/C(=C)[C@@H](Cc1cccc(CC(C)(F)F)c1)CC1CCC(CC)CC1)C(C)C. The Balaban J connectivity index is 2.16. The van der Waals surface area contributed by atoms with Gasteiger partial charge >= 0.3 is 0 Å². The van der Waals surface area contributed by atoms with Gasteiger partial charge in [0.1, 0.15) is 0 Å². The molecule has 2 atom stereocenters. The molecule has 0 aromatic heterocycles. The van der Waals surface area contributed by atoms with E-state index in [0.29, 0.717) is 23.3 Å². The Morgan fingerprint density at radius 3 is 2.31 bits per heavy atom. The second-order valence-electron chi connectivity index (χ2n) is 10.5. The molecule has 1 aromatic carbocycles. The van der Waals surface area contributed by atoms with Gasteiger partial charge in [0.05, 0.1) is 0 Å². The smallest absolute Gasteiger partial charge is 0.207 e. The maximum absolute atomic E-state index is 13.5. The molecule has 1 unspecified atom stereocenters. The first kappa shape index (κ1) is 26.6. The van der Waals surface area contributed by atoms with Gasteiger partial charge in [0.25, 0.3) is 0 Å². The van der Waals surface area contributed by atoms with E-state index in [4.69, 9.17) is 0 Å². The summed E-state index contributed by atoms with van der Waals surface area (Å²) in [4.78, 5) is 0. The van der Waals surface area contributed by atoms with Crippen LogP contribution in [0.4, 0.5) is 8.78 Å². The molecular weight excluding hydrogens is 398 g/mol. The molecule has 1 aromatic rings. The zero-order valence-electron chi connectivity index (χ0n) is 20.8. The third kappa shape index (κ3) is 9.04. The van der Waals surface area contributed by atoms with Gasteiger partial charge in [-0.1, -0.05) is 108 Å². The molecule has 0 nitrogen and oxygen atoms in total. The first-order valence-electron chi connectivity index (χ1n) is 12.6. The van der Waals surface area contributed by atoms with E-state index in [2.05, 4.69) is 52.1 Å². The van der Waals surface area contributed by atoms with Gasteiger partial charge in [-0.05, 0) is 60.5 Å². The van der Waals surface area contributed by atoms with E-state index in [0.717, 1.165) is 42.7 Å². The highest BCUT2D eigenvalue weighted by Crippen LogP contribution is 2.37. The van der Waals surface area contributed by atoms with Gasteiger partial charge in [-0.3, -0.25) is 0 Å². The van der Waals surface area contributed by atoms with Gasteiger partial charge in [-0.2, -0.15) is 0 Å². The largest absolute Gasteiger partial charge is 0.249 e. The van der Waals surface area contributed by atoms with E-state index in [-0.39, 0.29) is 6.42 Å². The average molecular weight is 443 g/mol. The lowest BCUT2D eigenvalue weighted by molar-refractivity contribution is 0.0226. The second kappa shape index (κ2) is 12.5. The van der Waals surface area contributed by atoms with Crippen LogP contribution in [0.2, 0.25) is 0 Å². The van der Waals surface area contributed by atoms with Gasteiger partial charge in [0.2, 0.25) is 5.92 Å². The molecule has 2 heteroatoms. The summed E-state index contributed by atoms with van der Waals surface area (Å²) in [6, 6.07) is 7.78. The van der Waals surface area contributed by atoms with E-state index < -0.39 is 5.92 Å². The van der Waals surface area contributed by atoms with Gasteiger partial charge in [0.15, 0.2) is 0 Å². The van der Waals surface area contributed by atoms with Gasteiger partial charge in [-0.15, -0.1) is 6.58 Å². The van der Waals surface area contributed by atoms with Crippen LogP contribution in [0.15, 0.2) is 61.2 Å². The summed E-state index contributed by atoms with van der Waals surface area (Å²) in [5.41, 5.74) is 3.00. The maximum Gasteiger partial charge on any atom is 0.249 e. The molecule has 0 saturated heterocycles. The zero-order valence-corrected chi connectivity index (χ0v) is 20.8. The van der Waals surface area contributed by atoms with E-state index in [1.54, 1.807) is 0 Å². The number of benzene rings is 1. The van der Waals surface area contributed by atoms with Gasteiger partial charge in [-0.25, -0.2) is 8.78 Å². The molecule has 0 spiro atoms. The van der Waals surface area contributed by atoms with Crippen molar-refractivity contribution in [2.45, 2.75) is 85.0 Å². The minimum Gasteiger partial charge on any atom is -0.207 e. The molecule has 32 heavy (non-hydrogen) atoms. The lowest BCUT2D eigenvalue weighted by Gasteiger charge is -2.31. The Morgan fingerprint density at radius 1 is 1.12 bits per heavy atom. The van der Waals surface area contributed by atoms with E-state index in [1.807, 2.05) is 24.3 Å². The van der Waals surface area contributed by atoms with Crippen LogP contribution in [0.3, 0.4) is 0 Å². The lowest BCUT2D eigenvalue weighted by Crippen LogP contribution is -2.19. The Bertz CT molecular complexity index is 744. The summed E-state index contributed by atoms with van der Waals surface area (Å²) >= 11 is 0. The number of alkyl halides is 2. The molecule has 0 N–H and O–H groups in total. The monoisotopic (exact) mass is 442 g/mol. The highest BCUT2D eigenvalue weighted by molar-refractivity contribution is 5.28. The first-order chi connectivity index (χ1) is 15.1. The lowest BCUT2D eigenvalue weighted by atomic mass is 9.75. The third-order valence-electron chi connectivity index (χ3n) is 7.25. The van der Waals surface area contributed by atoms with Crippen molar-refractivity contribution in [1.82, 2.24) is 0 Å². The number of allylic oxidation sites excluding steroid dienone is 4. The third-order valence-corrected chi connectivity index (χ3v) is 7.25. The van der Waals surface area contributed by atoms with Crippen molar-refractivity contribution in [3.63, 3.8) is 0 Å². The summed E-state index contributed by atoms with van der Waals surface area (Å²) in [6.45, 7) is 16.1. The number of hydrogen-bond donors (Lipinski definition) is 0. The van der Waals surface area contributed by atoms with Crippen LogP contribution in [-0.4, -0.2) is 5.92 Å². The van der Waals surface area contributed by atoms with Gasteiger partial charge < -0.3 is 0 Å². The molecule has 0 heterocycles. The Morgan fingerprint density at radius 2 is 1.75 bits per heavy atom. The van der Waals surface area contributed by atoms with Crippen molar-refractivity contribution in [2.24, 2.45) is 29.6 Å². The van der Waals surface area contributed by atoms with Crippen LogP contribution >= 0.6 is 0 Å².